The van der Waals surface area contributed by atoms with Crippen LogP contribution in [0.3, 0.4) is 0 Å². The number of urea groups is 1. The zero-order valence-corrected chi connectivity index (χ0v) is 13.4. The van der Waals surface area contributed by atoms with Crippen LogP contribution in [0.5, 0.6) is 0 Å². The van der Waals surface area contributed by atoms with Gasteiger partial charge < -0.3 is 15.7 Å². The topological polar surface area (TPSA) is 79.2 Å². The van der Waals surface area contributed by atoms with Crippen LogP contribution in [-0.2, 0) is 6.54 Å². The quantitative estimate of drug-likeness (QED) is 0.673. The molecule has 0 aliphatic heterocycles. The number of aryl methyl sites for hydroxylation is 1. The maximum atomic E-state index is 12.1. The first-order chi connectivity index (χ1) is 10.6. The van der Waals surface area contributed by atoms with E-state index < -0.39 is 5.54 Å². The highest BCUT2D eigenvalue weighted by molar-refractivity contribution is 5.74. The predicted octanol–water partition coefficient (Wildman–Crippen LogP) is 1.90. The monoisotopic (exact) mass is 308 g/mol. The van der Waals surface area contributed by atoms with E-state index >= 15 is 0 Å². The highest BCUT2D eigenvalue weighted by Gasteiger charge is 2.35. The van der Waals surface area contributed by atoms with Crippen LogP contribution in [0.15, 0.2) is 18.5 Å². The molecule has 0 saturated heterocycles. The molecule has 0 aromatic carbocycles. The third-order valence-corrected chi connectivity index (χ3v) is 4.64. The molecule has 1 unspecified atom stereocenters. The number of nitrogens with one attached hydrogen (secondary N) is 2. The predicted molar refractivity (Wildman–Crippen MR) is 85.4 cm³/mol. The molecule has 6 heteroatoms. The summed E-state index contributed by atoms with van der Waals surface area (Å²) in [6.07, 6.45) is 10.3. The maximum absolute atomic E-state index is 12.1. The van der Waals surface area contributed by atoms with Gasteiger partial charge in [-0.05, 0) is 38.2 Å². The fourth-order valence-electron chi connectivity index (χ4n) is 3.19. The Morgan fingerprint density at radius 1 is 1.41 bits per heavy atom. The van der Waals surface area contributed by atoms with Gasteiger partial charge in [-0.1, -0.05) is 19.3 Å². The van der Waals surface area contributed by atoms with Gasteiger partial charge in [0, 0.05) is 25.5 Å². The number of rotatable bonds is 7. The molecule has 1 atom stereocenters. The molecule has 6 nitrogen and oxygen atoms in total. The lowest BCUT2D eigenvalue weighted by molar-refractivity contribution is 0.101. The van der Waals surface area contributed by atoms with Crippen LogP contribution in [-0.4, -0.2) is 39.6 Å². The standard InChI is InChI=1S/C16H28N4O2/c1-16(13-21,14-7-3-2-4-8-14)19-15(22)17-9-5-11-20-12-6-10-18-20/h6,10,12,14,21H,2-5,7-9,11,13H2,1H3,(H2,17,19,22). The Morgan fingerprint density at radius 3 is 2.82 bits per heavy atom. The summed E-state index contributed by atoms with van der Waals surface area (Å²) >= 11 is 0. The Kier molecular flexibility index (Phi) is 6.24. The van der Waals surface area contributed by atoms with Gasteiger partial charge in [0.2, 0.25) is 0 Å². The number of aliphatic hydroxyl groups excluding tert-OH is 1. The fraction of sp³-hybridized carbons (Fsp3) is 0.750. The lowest BCUT2D eigenvalue weighted by Gasteiger charge is -2.39. The number of aromatic nitrogens is 2. The first kappa shape index (κ1) is 16.8. The fourth-order valence-corrected chi connectivity index (χ4v) is 3.19. The zero-order chi connectivity index (χ0) is 15.8. The van der Waals surface area contributed by atoms with Crippen molar-refractivity contribution >= 4 is 6.03 Å². The Hall–Kier alpha value is -1.56. The second kappa shape index (κ2) is 8.17. The molecule has 1 aliphatic rings. The average Bonchev–Trinajstić information content (AvgIpc) is 3.05. The number of hydrogen-bond acceptors (Lipinski definition) is 3. The summed E-state index contributed by atoms with van der Waals surface area (Å²) in [7, 11) is 0. The molecule has 0 radical (unpaired) electrons. The largest absolute Gasteiger partial charge is 0.394 e. The summed E-state index contributed by atoms with van der Waals surface area (Å²) in [5.74, 6) is 0.362. The Labute approximate surface area is 132 Å². The van der Waals surface area contributed by atoms with Gasteiger partial charge in [0.05, 0.1) is 12.1 Å². The molecule has 1 aromatic rings. The van der Waals surface area contributed by atoms with E-state index in [9.17, 15) is 9.90 Å². The highest BCUT2D eigenvalue weighted by atomic mass is 16.3. The summed E-state index contributed by atoms with van der Waals surface area (Å²) in [4.78, 5) is 12.1. The summed E-state index contributed by atoms with van der Waals surface area (Å²) < 4.78 is 1.85. The van der Waals surface area contributed by atoms with E-state index in [0.29, 0.717) is 12.5 Å². The minimum absolute atomic E-state index is 0.0155. The smallest absolute Gasteiger partial charge is 0.315 e. The molecule has 0 bridgehead atoms. The van der Waals surface area contributed by atoms with Crippen molar-refractivity contribution in [1.29, 1.82) is 0 Å². The van der Waals surface area contributed by atoms with Crippen molar-refractivity contribution in [2.45, 2.75) is 57.5 Å². The summed E-state index contributed by atoms with van der Waals surface area (Å²) in [5, 5.41) is 19.7. The van der Waals surface area contributed by atoms with Crippen LogP contribution in [0.4, 0.5) is 4.79 Å². The van der Waals surface area contributed by atoms with Crippen molar-refractivity contribution in [2.24, 2.45) is 5.92 Å². The molecule has 2 rings (SSSR count). The number of hydrogen-bond donors (Lipinski definition) is 3. The van der Waals surface area contributed by atoms with Gasteiger partial charge in [0.1, 0.15) is 0 Å². The highest BCUT2D eigenvalue weighted by Crippen LogP contribution is 2.32. The Morgan fingerprint density at radius 2 is 2.18 bits per heavy atom. The van der Waals surface area contributed by atoms with Crippen LogP contribution in [0.25, 0.3) is 0 Å². The molecule has 1 saturated carbocycles. The van der Waals surface area contributed by atoms with Crippen molar-refractivity contribution in [3.63, 3.8) is 0 Å². The molecular weight excluding hydrogens is 280 g/mol. The van der Waals surface area contributed by atoms with Crippen molar-refractivity contribution in [1.82, 2.24) is 20.4 Å². The van der Waals surface area contributed by atoms with Crippen molar-refractivity contribution in [2.75, 3.05) is 13.2 Å². The minimum atomic E-state index is -0.521. The first-order valence-electron chi connectivity index (χ1n) is 8.28. The molecular formula is C16H28N4O2. The van der Waals surface area contributed by atoms with Gasteiger partial charge in [-0.3, -0.25) is 4.68 Å². The molecule has 0 spiro atoms. The summed E-state index contributed by atoms with van der Waals surface area (Å²) in [6.45, 7) is 3.32. The number of amides is 2. The number of nitrogens with zero attached hydrogens (tertiary/aromatic N) is 2. The van der Waals surface area contributed by atoms with Gasteiger partial charge in [0.15, 0.2) is 0 Å². The minimum Gasteiger partial charge on any atom is -0.394 e. The molecule has 2 amide bonds. The Bertz CT molecular complexity index is 443. The third kappa shape index (κ3) is 4.73. The second-order valence-electron chi connectivity index (χ2n) is 6.41. The van der Waals surface area contributed by atoms with E-state index in [-0.39, 0.29) is 12.6 Å². The van der Waals surface area contributed by atoms with Gasteiger partial charge in [-0.25, -0.2) is 4.79 Å². The van der Waals surface area contributed by atoms with Crippen molar-refractivity contribution in [3.05, 3.63) is 18.5 Å². The number of aliphatic hydroxyl groups is 1. The lowest BCUT2D eigenvalue weighted by atomic mass is 9.76. The Balaban J connectivity index is 1.71. The van der Waals surface area contributed by atoms with E-state index in [2.05, 4.69) is 15.7 Å². The van der Waals surface area contributed by atoms with Crippen LogP contribution < -0.4 is 10.6 Å². The van der Waals surface area contributed by atoms with Crippen LogP contribution >= 0.6 is 0 Å². The van der Waals surface area contributed by atoms with Crippen LogP contribution in [0.1, 0.15) is 45.4 Å². The van der Waals surface area contributed by atoms with Crippen LogP contribution in [0.2, 0.25) is 0 Å². The average molecular weight is 308 g/mol. The first-order valence-corrected chi connectivity index (χ1v) is 8.28. The third-order valence-electron chi connectivity index (χ3n) is 4.64. The van der Waals surface area contributed by atoms with Gasteiger partial charge >= 0.3 is 6.03 Å². The van der Waals surface area contributed by atoms with Gasteiger partial charge in [-0.2, -0.15) is 5.10 Å². The van der Waals surface area contributed by atoms with E-state index in [1.165, 1.54) is 19.3 Å². The van der Waals surface area contributed by atoms with Crippen molar-refractivity contribution < 1.29 is 9.90 Å². The number of carbonyl (C=O) groups is 1. The van der Waals surface area contributed by atoms with E-state index in [0.717, 1.165) is 25.8 Å². The van der Waals surface area contributed by atoms with Crippen molar-refractivity contribution in [3.8, 4) is 0 Å². The van der Waals surface area contributed by atoms with Gasteiger partial charge in [-0.15, -0.1) is 0 Å². The molecule has 1 aliphatic carbocycles. The SMILES string of the molecule is CC(CO)(NC(=O)NCCCn1cccn1)C1CCCCC1. The molecule has 22 heavy (non-hydrogen) atoms. The van der Waals surface area contributed by atoms with E-state index in [4.69, 9.17) is 0 Å². The normalized spacial score (nSPS) is 18.6. The van der Waals surface area contributed by atoms with Crippen LogP contribution in [0, 0.1) is 5.92 Å². The summed E-state index contributed by atoms with van der Waals surface area (Å²) in [5.41, 5.74) is -0.521. The lowest BCUT2D eigenvalue weighted by Crippen LogP contribution is -2.57. The molecule has 3 N–H and O–H groups in total. The maximum Gasteiger partial charge on any atom is 0.315 e. The van der Waals surface area contributed by atoms with E-state index in [1.54, 1.807) is 6.20 Å². The molecule has 124 valence electrons. The summed E-state index contributed by atoms with van der Waals surface area (Å²) in [6, 6.07) is 1.69. The number of carbonyl (C=O) groups excluding carboxylic acids is 1. The van der Waals surface area contributed by atoms with E-state index in [1.807, 2.05) is 23.9 Å². The van der Waals surface area contributed by atoms with Gasteiger partial charge in [0.25, 0.3) is 0 Å². The molecule has 1 fully saturated rings. The molecule has 1 heterocycles. The molecule has 1 aromatic heterocycles. The zero-order valence-electron chi connectivity index (χ0n) is 13.4. The second-order valence-corrected chi connectivity index (χ2v) is 6.41.